The molecule has 0 aromatic heterocycles. The van der Waals surface area contributed by atoms with Crippen molar-refractivity contribution in [2.45, 2.75) is 12.3 Å². The van der Waals surface area contributed by atoms with Gasteiger partial charge >= 0.3 is 0 Å². The van der Waals surface area contributed by atoms with Gasteiger partial charge in [-0.25, -0.2) is 0 Å². The van der Waals surface area contributed by atoms with Crippen LogP contribution in [0.15, 0.2) is 109 Å². The van der Waals surface area contributed by atoms with Crippen molar-refractivity contribution in [2.75, 3.05) is 7.11 Å². The highest BCUT2D eigenvalue weighted by Gasteiger charge is 2.41. The van der Waals surface area contributed by atoms with E-state index in [9.17, 15) is 4.79 Å². The predicted octanol–water partition coefficient (Wildman–Crippen LogP) is 6.29. The molecule has 4 aromatic carbocycles. The molecule has 0 aliphatic rings. The second-order valence-electron chi connectivity index (χ2n) is 7.32. The van der Waals surface area contributed by atoms with Crippen LogP contribution in [0.2, 0.25) is 0 Å². The average Bonchev–Trinajstić information content (AvgIpc) is 2.81. The molecule has 30 heavy (non-hydrogen) atoms. The van der Waals surface area contributed by atoms with E-state index in [2.05, 4.69) is 18.2 Å². The molecule has 2 nitrogen and oxygen atoms in total. The topological polar surface area (TPSA) is 26.3 Å². The quantitative estimate of drug-likeness (QED) is 0.361. The lowest BCUT2D eigenvalue weighted by Gasteiger charge is -2.34. The maximum Gasteiger partial charge on any atom is 0.149 e. The van der Waals surface area contributed by atoms with Crippen LogP contribution in [-0.4, -0.2) is 12.9 Å². The second kappa shape index (κ2) is 8.38. The highest BCUT2D eigenvalue weighted by Crippen LogP contribution is 2.43. The summed E-state index contributed by atoms with van der Waals surface area (Å²) in [4.78, 5) is 13.4. The molecule has 148 valence electrons. The first kappa shape index (κ1) is 19.7. The maximum atomic E-state index is 13.4. The fourth-order valence-electron chi connectivity index (χ4n) is 4.27. The number of ether oxygens (including phenoxy) is 1. The van der Waals surface area contributed by atoms with Crippen molar-refractivity contribution < 1.29 is 9.53 Å². The van der Waals surface area contributed by atoms with Crippen LogP contribution in [0.1, 0.15) is 23.6 Å². The van der Waals surface area contributed by atoms with Crippen LogP contribution in [0.5, 0.6) is 5.75 Å². The summed E-state index contributed by atoms with van der Waals surface area (Å²) in [6, 6.07) is 36.2. The predicted molar refractivity (Wildman–Crippen MR) is 122 cm³/mol. The van der Waals surface area contributed by atoms with Crippen LogP contribution in [-0.2, 0) is 10.2 Å². The van der Waals surface area contributed by atoms with Crippen molar-refractivity contribution in [3.05, 3.63) is 126 Å². The van der Waals surface area contributed by atoms with E-state index in [0.717, 1.165) is 33.6 Å². The fourth-order valence-corrected chi connectivity index (χ4v) is 4.27. The third-order valence-electron chi connectivity index (χ3n) is 5.66. The molecule has 0 aliphatic carbocycles. The van der Waals surface area contributed by atoms with Gasteiger partial charge in [0.15, 0.2) is 0 Å². The summed E-state index contributed by atoms with van der Waals surface area (Å²) in [7, 11) is 1.67. The number of hydrogen-bond acceptors (Lipinski definition) is 2. The minimum atomic E-state index is -0.904. The molecule has 2 heteroatoms. The zero-order valence-corrected chi connectivity index (χ0v) is 17.2. The average molecular weight is 392 g/mol. The van der Waals surface area contributed by atoms with Crippen LogP contribution in [0.4, 0.5) is 0 Å². The Morgan fingerprint density at radius 2 is 1.17 bits per heavy atom. The van der Waals surface area contributed by atoms with Crippen molar-refractivity contribution in [3.63, 3.8) is 0 Å². The molecule has 0 spiro atoms. The number of hydrogen-bond donors (Lipinski definition) is 0. The van der Waals surface area contributed by atoms with Gasteiger partial charge < -0.3 is 4.74 Å². The Hall–Kier alpha value is -3.65. The van der Waals surface area contributed by atoms with E-state index in [-0.39, 0.29) is 5.78 Å². The number of rotatable bonds is 6. The van der Waals surface area contributed by atoms with Gasteiger partial charge in [-0.1, -0.05) is 97.1 Å². The van der Waals surface area contributed by atoms with Gasteiger partial charge in [0, 0.05) is 5.56 Å². The summed E-state index contributed by atoms with van der Waals surface area (Å²) in [6.07, 6.45) is 0. The highest BCUT2D eigenvalue weighted by molar-refractivity contribution is 5.96. The molecule has 0 saturated heterocycles. The Kier molecular flexibility index (Phi) is 5.49. The molecule has 0 N–H and O–H groups in total. The molecule has 0 fully saturated rings. The fraction of sp³-hybridized carbons (Fsp3) is 0.107. The SMILES string of the molecule is COc1ccc(C(C(C)=O)(c2ccccc2)c2ccccc2)cc1-c1ccccc1. The summed E-state index contributed by atoms with van der Waals surface area (Å²) < 4.78 is 5.65. The smallest absolute Gasteiger partial charge is 0.149 e. The third kappa shape index (κ3) is 3.31. The van der Waals surface area contributed by atoms with Gasteiger partial charge in [0.1, 0.15) is 16.9 Å². The Morgan fingerprint density at radius 1 is 0.667 bits per heavy atom. The number of carbonyl (C=O) groups is 1. The molecule has 0 amide bonds. The summed E-state index contributed by atoms with van der Waals surface area (Å²) in [5.41, 5.74) is 3.94. The summed E-state index contributed by atoms with van der Waals surface area (Å²) in [5.74, 6) is 0.854. The van der Waals surface area contributed by atoms with E-state index in [4.69, 9.17) is 4.74 Å². The number of ketones is 1. The first-order valence-corrected chi connectivity index (χ1v) is 10.0. The molecular weight excluding hydrogens is 368 g/mol. The van der Waals surface area contributed by atoms with Gasteiger partial charge in [0.2, 0.25) is 0 Å². The van der Waals surface area contributed by atoms with Crippen LogP contribution in [0.25, 0.3) is 11.1 Å². The molecule has 4 aromatic rings. The van der Waals surface area contributed by atoms with E-state index in [1.165, 1.54) is 0 Å². The van der Waals surface area contributed by atoms with Crippen LogP contribution in [0.3, 0.4) is 0 Å². The Morgan fingerprint density at radius 3 is 1.63 bits per heavy atom. The lowest BCUT2D eigenvalue weighted by atomic mass is 9.66. The standard InChI is InChI=1S/C28H24O2/c1-21(29)28(23-14-8-4-9-15-23,24-16-10-5-11-17-24)25-18-19-27(30-2)26(20-25)22-12-6-3-7-13-22/h3-20H,1-2H3. The maximum absolute atomic E-state index is 13.4. The molecule has 0 aliphatic heterocycles. The summed E-state index contributed by atoms with van der Waals surface area (Å²) in [5, 5.41) is 0. The largest absolute Gasteiger partial charge is 0.496 e. The van der Waals surface area contributed by atoms with Crippen molar-refractivity contribution in [3.8, 4) is 16.9 Å². The summed E-state index contributed by atoms with van der Waals surface area (Å²) in [6.45, 7) is 1.67. The molecule has 0 radical (unpaired) electrons. The van der Waals surface area contributed by atoms with Crippen LogP contribution in [0, 0.1) is 0 Å². The number of Topliss-reactive ketones (excluding diaryl/α,β-unsaturated/α-hetero) is 1. The van der Waals surface area contributed by atoms with Crippen molar-refractivity contribution in [2.24, 2.45) is 0 Å². The number of carbonyl (C=O) groups excluding carboxylic acids is 1. The molecule has 0 bridgehead atoms. The Labute approximate surface area is 177 Å². The van der Waals surface area contributed by atoms with Gasteiger partial charge in [0.05, 0.1) is 7.11 Å². The zero-order chi connectivity index (χ0) is 21.0. The van der Waals surface area contributed by atoms with Gasteiger partial charge in [-0.05, 0) is 41.3 Å². The second-order valence-corrected chi connectivity index (χ2v) is 7.32. The molecule has 0 unspecified atom stereocenters. The first-order valence-electron chi connectivity index (χ1n) is 10.0. The van der Waals surface area contributed by atoms with Crippen LogP contribution < -0.4 is 4.74 Å². The Bertz CT molecular complexity index is 1090. The van der Waals surface area contributed by atoms with Crippen molar-refractivity contribution in [1.82, 2.24) is 0 Å². The normalized spacial score (nSPS) is 11.1. The minimum absolute atomic E-state index is 0.0732. The lowest BCUT2D eigenvalue weighted by molar-refractivity contribution is -0.119. The minimum Gasteiger partial charge on any atom is -0.496 e. The monoisotopic (exact) mass is 392 g/mol. The van der Waals surface area contributed by atoms with Crippen molar-refractivity contribution in [1.29, 1.82) is 0 Å². The van der Waals surface area contributed by atoms with Crippen molar-refractivity contribution >= 4 is 5.78 Å². The molecule has 0 heterocycles. The molecule has 0 atom stereocenters. The highest BCUT2D eigenvalue weighted by atomic mass is 16.5. The van der Waals surface area contributed by atoms with Gasteiger partial charge in [-0.15, -0.1) is 0 Å². The molecular formula is C28H24O2. The van der Waals surface area contributed by atoms with E-state index >= 15 is 0 Å². The lowest BCUT2D eigenvalue weighted by Crippen LogP contribution is -2.37. The first-order chi connectivity index (χ1) is 14.7. The zero-order valence-electron chi connectivity index (χ0n) is 17.2. The van der Waals surface area contributed by atoms with Crippen LogP contribution >= 0.6 is 0 Å². The van der Waals surface area contributed by atoms with Gasteiger partial charge in [0.25, 0.3) is 0 Å². The Balaban J connectivity index is 2.05. The number of benzene rings is 4. The summed E-state index contributed by atoms with van der Waals surface area (Å²) >= 11 is 0. The van der Waals surface area contributed by atoms with E-state index in [1.807, 2.05) is 91.0 Å². The molecule has 0 saturated carbocycles. The van der Waals surface area contributed by atoms with E-state index in [0.29, 0.717) is 0 Å². The van der Waals surface area contributed by atoms with Gasteiger partial charge in [-0.2, -0.15) is 0 Å². The third-order valence-corrected chi connectivity index (χ3v) is 5.66. The molecule has 4 rings (SSSR count). The number of methoxy groups -OCH3 is 1. The van der Waals surface area contributed by atoms with E-state index < -0.39 is 5.41 Å². The van der Waals surface area contributed by atoms with E-state index in [1.54, 1.807) is 14.0 Å². The van der Waals surface area contributed by atoms with Gasteiger partial charge in [-0.3, -0.25) is 4.79 Å².